The Labute approximate surface area is 104 Å². The van der Waals surface area contributed by atoms with Gasteiger partial charge in [0, 0.05) is 5.56 Å². The Hall–Kier alpha value is -1.11. The third-order valence-electron chi connectivity index (χ3n) is 3.91. The summed E-state index contributed by atoms with van der Waals surface area (Å²) in [5.74, 6) is 1.15. The number of hydrogen-bond donors (Lipinski definition) is 0. The van der Waals surface area contributed by atoms with Crippen molar-refractivity contribution in [2.75, 3.05) is 0 Å². The highest BCUT2D eigenvalue weighted by atomic mass is 16.1. The Morgan fingerprint density at radius 1 is 1.18 bits per heavy atom. The molecule has 0 radical (unpaired) electrons. The fourth-order valence-electron chi connectivity index (χ4n) is 2.80. The van der Waals surface area contributed by atoms with Crippen molar-refractivity contribution in [3.8, 4) is 0 Å². The summed E-state index contributed by atoms with van der Waals surface area (Å²) < 4.78 is 0. The van der Waals surface area contributed by atoms with Gasteiger partial charge in [0.05, 0.1) is 0 Å². The second kappa shape index (κ2) is 6.00. The maximum absolute atomic E-state index is 11.1. The van der Waals surface area contributed by atoms with Crippen molar-refractivity contribution in [2.45, 2.75) is 51.9 Å². The molecular formula is C16H22O. The van der Waals surface area contributed by atoms with Crippen molar-refractivity contribution in [3.05, 3.63) is 35.4 Å². The van der Waals surface area contributed by atoms with Crippen LogP contribution < -0.4 is 0 Å². The number of carbonyl (C=O) groups is 1. The summed E-state index contributed by atoms with van der Waals surface area (Å²) in [4.78, 5) is 11.1. The zero-order chi connectivity index (χ0) is 12.1. The van der Waals surface area contributed by atoms with Crippen LogP contribution in [-0.4, -0.2) is 5.78 Å². The van der Waals surface area contributed by atoms with Crippen molar-refractivity contribution in [1.29, 1.82) is 0 Å². The highest BCUT2D eigenvalue weighted by molar-refractivity contribution is 5.93. The summed E-state index contributed by atoms with van der Waals surface area (Å²) in [5, 5.41) is 0. The van der Waals surface area contributed by atoms with E-state index in [0.717, 1.165) is 17.9 Å². The molecule has 17 heavy (non-hydrogen) atoms. The van der Waals surface area contributed by atoms with Gasteiger partial charge in [0.15, 0.2) is 5.78 Å². The normalized spacial score (nSPS) is 16.3. The number of aryl methyl sites for hydroxylation is 1. The molecule has 1 aliphatic carbocycles. The summed E-state index contributed by atoms with van der Waals surface area (Å²) in [7, 11) is 0. The van der Waals surface area contributed by atoms with Crippen LogP contribution in [0.2, 0.25) is 0 Å². The maximum atomic E-state index is 11.1. The zero-order valence-electron chi connectivity index (χ0n) is 10.7. The standard InChI is InChI=1S/C16H22O/c1-13(17)16-11-9-15(10-12-16)8-4-7-14-5-2-3-6-14/h9-12,14H,2-8H2,1H3. The second-order valence-corrected chi connectivity index (χ2v) is 5.30. The van der Waals surface area contributed by atoms with Gasteiger partial charge in [0.2, 0.25) is 0 Å². The van der Waals surface area contributed by atoms with E-state index in [1.165, 1.54) is 44.1 Å². The van der Waals surface area contributed by atoms with E-state index in [1.807, 2.05) is 12.1 Å². The highest BCUT2D eigenvalue weighted by Gasteiger charge is 2.13. The van der Waals surface area contributed by atoms with Crippen LogP contribution in [0.3, 0.4) is 0 Å². The Morgan fingerprint density at radius 2 is 1.82 bits per heavy atom. The van der Waals surface area contributed by atoms with Gasteiger partial charge in [-0.1, -0.05) is 56.4 Å². The average Bonchev–Trinajstić information content (AvgIpc) is 2.83. The lowest BCUT2D eigenvalue weighted by Gasteiger charge is -2.08. The first-order valence-corrected chi connectivity index (χ1v) is 6.85. The molecule has 0 N–H and O–H groups in total. The molecule has 1 fully saturated rings. The van der Waals surface area contributed by atoms with Gasteiger partial charge >= 0.3 is 0 Å². The fourth-order valence-corrected chi connectivity index (χ4v) is 2.80. The third-order valence-corrected chi connectivity index (χ3v) is 3.91. The van der Waals surface area contributed by atoms with Crippen molar-refractivity contribution in [1.82, 2.24) is 0 Å². The van der Waals surface area contributed by atoms with Gasteiger partial charge in [-0.15, -0.1) is 0 Å². The van der Waals surface area contributed by atoms with E-state index < -0.39 is 0 Å². The lowest BCUT2D eigenvalue weighted by Crippen LogP contribution is -1.96. The number of ketones is 1. The van der Waals surface area contributed by atoms with Gasteiger partial charge in [0.1, 0.15) is 0 Å². The lowest BCUT2D eigenvalue weighted by molar-refractivity contribution is 0.101. The van der Waals surface area contributed by atoms with Gasteiger partial charge in [0.25, 0.3) is 0 Å². The number of rotatable bonds is 5. The summed E-state index contributed by atoms with van der Waals surface area (Å²) in [5.41, 5.74) is 2.19. The SMILES string of the molecule is CC(=O)c1ccc(CCCC2CCCC2)cc1. The first kappa shape index (κ1) is 12.3. The molecule has 2 rings (SSSR count). The predicted molar refractivity (Wildman–Crippen MR) is 71.3 cm³/mol. The van der Waals surface area contributed by atoms with E-state index in [4.69, 9.17) is 0 Å². The van der Waals surface area contributed by atoms with Gasteiger partial charge in [-0.05, 0) is 31.2 Å². The number of Topliss-reactive ketones (excluding diaryl/α,β-unsaturated/α-hetero) is 1. The predicted octanol–water partition coefficient (Wildman–Crippen LogP) is 4.40. The fraction of sp³-hybridized carbons (Fsp3) is 0.562. The monoisotopic (exact) mass is 230 g/mol. The van der Waals surface area contributed by atoms with E-state index in [2.05, 4.69) is 12.1 Å². The number of benzene rings is 1. The Kier molecular flexibility index (Phi) is 4.36. The van der Waals surface area contributed by atoms with Gasteiger partial charge in [-0.25, -0.2) is 0 Å². The molecule has 0 unspecified atom stereocenters. The Balaban J connectivity index is 1.76. The third kappa shape index (κ3) is 3.69. The molecule has 1 saturated carbocycles. The maximum Gasteiger partial charge on any atom is 0.159 e. The molecular weight excluding hydrogens is 208 g/mol. The van der Waals surface area contributed by atoms with E-state index in [0.29, 0.717) is 0 Å². The molecule has 1 aromatic rings. The second-order valence-electron chi connectivity index (χ2n) is 5.30. The number of carbonyl (C=O) groups excluding carboxylic acids is 1. The molecule has 1 heteroatoms. The molecule has 92 valence electrons. The average molecular weight is 230 g/mol. The van der Waals surface area contributed by atoms with E-state index in [-0.39, 0.29) is 5.78 Å². The molecule has 0 saturated heterocycles. The van der Waals surface area contributed by atoms with Crippen LogP contribution >= 0.6 is 0 Å². The Bertz CT molecular complexity index is 358. The van der Waals surface area contributed by atoms with Gasteiger partial charge < -0.3 is 0 Å². The van der Waals surface area contributed by atoms with Crippen LogP contribution in [0.5, 0.6) is 0 Å². The molecule has 0 atom stereocenters. The van der Waals surface area contributed by atoms with Crippen LogP contribution in [0.4, 0.5) is 0 Å². The van der Waals surface area contributed by atoms with Crippen molar-refractivity contribution < 1.29 is 4.79 Å². The largest absolute Gasteiger partial charge is 0.295 e. The molecule has 0 heterocycles. The molecule has 1 aromatic carbocycles. The minimum Gasteiger partial charge on any atom is -0.295 e. The van der Waals surface area contributed by atoms with Crippen LogP contribution in [-0.2, 0) is 6.42 Å². The molecule has 0 aliphatic heterocycles. The quantitative estimate of drug-likeness (QED) is 0.685. The first-order valence-electron chi connectivity index (χ1n) is 6.85. The summed E-state index contributed by atoms with van der Waals surface area (Å²) >= 11 is 0. The van der Waals surface area contributed by atoms with E-state index >= 15 is 0 Å². The molecule has 0 spiro atoms. The van der Waals surface area contributed by atoms with Crippen molar-refractivity contribution in [3.63, 3.8) is 0 Å². The van der Waals surface area contributed by atoms with Crippen molar-refractivity contribution >= 4 is 5.78 Å². The van der Waals surface area contributed by atoms with Crippen LogP contribution in [0.25, 0.3) is 0 Å². The summed E-state index contributed by atoms with van der Waals surface area (Å²) in [6, 6.07) is 8.11. The molecule has 1 nitrogen and oxygen atoms in total. The lowest BCUT2D eigenvalue weighted by atomic mass is 9.98. The van der Waals surface area contributed by atoms with E-state index in [1.54, 1.807) is 6.92 Å². The highest BCUT2D eigenvalue weighted by Crippen LogP contribution is 2.28. The van der Waals surface area contributed by atoms with Crippen molar-refractivity contribution in [2.24, 2.45) is 5.92 Å². The molecule has 0 bridgehead atoms. The molecule has 0 aromatic heterocycles. The van der Waals surface area contributed by atoms with Gasteiger partial charge in [-0.2, -0.15) is 0 Å². The Morgan fingerprint density at radius 3 is 2.41 bits per heavy atom. The van der Waals surface area contributed by atoms with Gasteiger partial charge in [-0.3, -0.25) is 4.79 Å². The summed E-state index contributed by atoms with van der Waals surface area (Å²) in [6.45, 7) is 1.62. The first-order chi connectivity index (χ1) is 8.25. The number of hydrogen-bond acceptors (Lipinski definition) is 1. The topological polar surface area (TPSA) is 17.1 Å². The van der Waals surface area contributed by atoms with E-state index in [9.17, 15) is 4.79 Å². The van der Waals surface area contributed by atoms with Crippen LogP contribution in [0, 0.1) is 5.92 Å². The van der Waals surface area contributed by atoms with Crippen LogP contribution in [0.15, 0.2) is 24.3 Å². The minimum absolute atomic E-state index is 0.155. The molecule has 1 aliphatic rings. The minimum atomic E-state index is 0.155. The summed E-state index contributed by atoms with van der Waals surface area (Å²) in [6.07, 6.45) is 9.62. The smallest absolute Gasteiger partial charge is 0.159 e. The van der Waals surface area contributed by atoms with Crippen LogP contribution in [0.1, 0.15) is 61.4 Å². The molecule has 0 amide bonds. The zero-order valence-corrected chi connectivity index (χ0v) is 10.7.